The standard InChI is InChI=1S/C13H21N3/c1-9-7-11(9)8-16(3)13-12(10(2)14)5-4-6-15-13/h4-6,9-11H,7-8,14H2,1-3H3. The average molecular weight is 219 g/mol. The summed E-state index contributed by atoms with van der Waals surface area (Å²) in [7, 11) is 2.11. The maximum atomic E-state index is 5.96. The molecule has 0 saturated heterocycles. The Hall–Kier alpha value is -1.09. The van der Waals surface area contributed by atoms with Gasteiger partial charge < -0.3 is 10.6 Å². The van der Waals surface area contributed by atoms with Crippen molar-refractivity contribution in [2.75, 3.05) is 18.5 Å². The topological polar surface area (TPSA) is 42.1 Å². The van der Waals surface area contributed by atoms with Gasteiger partial charge in [0.15, 0.2) is 0 Å². The van der Waals surface area contributed by atoms with E-state index in [0.717, 1.165) is 29.8 Å². The molecule has 1 aliphatic rings. The summed E-state index contributed by atoms with van der Waals surface area (Å²) in [6.07, 6.45) is 3.19. The van der Waals surface area contributed by atoms with Gasteiger partial charge >= 0.3 is 0 Å². The van der Waals surface area contributed by atoms with Crippen LogP contribution in [0.15, 0.2) is 18.3 Å². The number of hydrogen-bond acceptors (Lipinski definition) is 3. The highest BCUT2D eigenvalue weighted by atomic mass is 15.2. The van der Waals surface area contributed by atoms with Gasteiger partial charge in [-0.15, -0.1) is 0 Å². The zero-order valence-electron chi connectivity index (χ0n) is 10.4. The Kier molecular flexibility index (Phi) is 3.15. The molecule has 0 bridgehead atoms. The summed E-state index contributed by atoms with van der Waals surface area (Å²) < 4.78 is 0. The van der Waals surface area contributed by atoms with E-state index in [1.807, 2.05) is 19.2 Å². The van der Waals surface area contributed by atoms with E-state index in [-0.39, 0.29) is 6.04 Å². The van der Waals surface area contributed by atoms with E-state index in [4.69, 9.17) is 5.73 Å². The van der Waals surface area contributed by atoms with Gasteiger partial charge in [-0.25, -0.2) is 4.98 Å². The van der Waals surface area contributed by atoms with Crippen molar-refractivity contribution < 1.29 is 0 Å². The van der Waals surface area contributed by atoms with Crippen LogP contribution in [0.25, 0.3) is 0 Å². The monoisotopic (exact) mass is 219 g/mol. The molecule has 3 heteroatoms. The van der Waals surface area contributed by atoms with Gasteiger partial charge in [-0.3, -0.25) is 0 Å². The van der Waals surface area contributed by atoms with E-state index in [2.05, 4.69) is 29.9 Å². The molecule has 3 atom stereocenters. The summed E-state index contributed by atoms with van der Waals surface area (Å²) in [6, 6.07) is 4.07. The van der Waals surface area contributed by atoms with Crippen LogP contribution in [0.2, 0.25) is 0 Å². The van der Waals surface area contributed by atoms with Crippen LogP contribution in [-0.4, -0.2) is 18.6 Å². The molecule has 0 spiro atoms. The lowest BCUT2D eigenvalue weighted by Crippen LogP contribution is -2.24. The predicted octanol–water partition coefficient (Wildman–Crippen LogP) is 2.19. The second-order valence-electron chi connectivity index (χ2n) is 5.06. The summed E-state index contributed by atoms with van der Waals surface area (Å²) in [6.45, 7) is 5.41. The van der Waals surface area contributed by atoms with E-state index in [9.17, 15) is 0 Å². The Labute approximate surface area is 97.7 Å². The minimum Gasteiger partial charge on any atom is -0.359 e. The van der Waals surface area contributed by atoms with Crippen LogP contribution in [0.1, 0.15) is 31.9 Å². The lowest BCUT2D eigenvalue weighted by Gasteiger charge is -2.22. The Morgan fingerprint density at radius 1 is 1.62 bits per heavy atom. The molecular formula is C13H21N3. The molecule has 0 radical (unpaired) electrons. The molecule has 1 aromatic heterocycles. The molecule has 3 unspecified atom stereocenters. The molecule has 0 aliphatic heterocycles. The molecule has 1 aliphatic carbocycles. The first-order valence-corrected chi connectivity index (χ1v) is 6.01. The molecule has 16 heavy (non-hydrogen) atoms. The maximum Gasteiger partial charge on any atom is 0.133 e. The van der Waals surface area contributed by atoms with Crippen molar-refractivity contribution in [3.05, 3.63) is 23.9 Å². The minimum absolute atomic E-state index is 0.0442. The first-order valence-electron chi connectivity index (χ1n) is 6.01. The quantitative estimate of drug-likeness (QED) is 0.844. The van der Waals surface area contributed by atoms with Crippen LogP contribution in [0.4, 0.5) is 5.82 Å². The number of anilines is 1. The van der Waals surface area contributed by atoms with Crippen LogP contribution in [0.3, 0.4) is 0 Å². The summed E-state index contributed by atoms with van der Waals surface area (Å²) >= 11 is 0. The summed E-state index contributed by atoms with van der Waals surface area (Å²) in [5, 5.41) is 0. The number of nitrogens with zero attached hydrogens (tertiary/aromatic N) is 2. The number of nitrogens with two attached hydrogens (primary N) is 1. The molecule has 1 heterocycles. The van der Waals surface area contributed by atoms with Crippen LogP contribution in [0, 0.1) is 11.8 Å². The van der Waals surface area contributed by atoms with Gasteiger partial charge in [-0.05, 0) is 31.2 Å². The van der Waals surface area contributed by atoms with Gasteiger partial charge in [0, 0.05) is 31.4 Å². The van der Waals surface area contributed by atoms with E-state index in [1.165, 1.54) is 6.42 Å². The van der Waals surface area contributed by atoms with E-state index >= 15 is 0 Å². The Morgan fingerprint density at radius 2 is 2.31 bits per heavy atom. The Morgan fingerprint density at radius 3 is 2.88 bits per heavy atom. The molecule has 0 aromatic carbocycles. The van der Waals surface area contributed by atoms with Gasteiger partial charge in [0.25, 0.3) is 0 Å². The molecule has 3 nitrogen and oxygen atoms in total. The van der Waals surface area contributed by atoms with Gasteiger partial charge in [-0.2, -0.15) is 0 Å². The third-order valence-corrected chi connectivity index (χ3v) is 3.45. The van der Waals surface area contributed by atoms with Crippen molar-refractivity contribution in [1.29, 1.82) is 0 Å². The summed E-state index contributed by atoms with van der Waals surface area (Å²) in [5.74, 6) is 2.76. The lowest BCUT2D eigenvalue weighted by molar-refractivity contribution is 0.708. The molecule has 2 N–H and O–H groups in total. The van der Waals surface area contributed by atoms with Crippen molar-refractivity contribution in [1.82, 2.24) is 4.98 Å². The predicted molar refractivity (Wildman–Crippen MR) is 67.4 cm³/mol. The van der Waals surface area contributed by atoms with E-state index in [0.29, 0.717) is 0 Å². The fourth-order valence-electron chi connectivity index (χ4n) is 2.18. The number of rotatable bonds is 4. The lowest BCUT2D eigenvalue weighted by atomic mass is 10.1. The highest BCUT2D eigenvalue weighted by Crippen LogP contribution is 2.38. The summed E-state index contributed by atoms with van der Waals surface area (Å²) in [5.41, 5.74) is 7.10. The second kappa shape index (κ2) is 4.42. The smallest absolute Gasteiger partial charge is 0.133 e. The Bertz CT molecular complexity index is 362. The molecule has 1 aromatic rings. The normalized spacial score (nSPS) is 25.2. The van der Waals surface area contributed by atoms with Gasteiger partial charge in [-0.1, -0.05) is 13.0 Å². The molecule has 88 valence electrons. The Balaban J connectivity index is 2.12. The van der Waals surface area contributed by atoms with Crippen molar-refractivity contribution in [3.63, 3.8) is 0 Å². The molecule has 1 saturated carbocycles. The van der Waals surface area contributed by atoms with Crippen LogP contribution >= 0.6 is 0 Å². The van der Waals surface area contributed by atoms with Gasteiger partial charge in [0.05, 0.1) is 0 Å². The van der Waals surface area contributed by atoms with Gasteiger partial charge in [0.2, 0.25) is 0 Å². The van der Waals surface area contributed by atoms with Crippen LogP contribution in [-0.2, 0) is 0 Å². The van der Waals surface area contributed by atoms with Crippen molar-refractivity contribution in [2.45, 2.75) is 26.3 Å². The largest absolute Gasteiger partial charge is 0.359 e. The van der Waals surface area contributed by atoms with Crippen molar-refractivity contribution >= 4 is 5.82 Å². The fourth-order valence-corrected chi connectivity index (χ4v) is 2.18. The van der Waals surface area contributed by atoms with Crippen molar-refractivity contribution in [3.8, 4) is 0 Å². The first-order chi connectivity index (χ1) is 7.59. The number of pyridine rings is 1. The van der Waals surface area contributed by atoms with Gasteiger partial charge in [0.1, 0.15) is 5.82 Å². The SMILES string of the molecule is CC(N)c1cccnc1N(C)CC1CC1C. The molecule has 0 amide bonds. The maximum absolute atomic E-state index is 5.96. The third kappa shape index (κ3) is 2.35. The molecular weight excluding hydrogens is 198 g/mol. The fraction of sp³-hybridized carbons (Fsp3) is 0.615. The molecule has 1 fully saturated rings. The first kappa shape index (κ1) is 11.4. The third-order valence-electron chi connectivity index (χ3n) is 3.45. The van der Waals surface area contributed by atoms with Crippen molar-refractivity contribution in [2.24, 2.45) is 17.6 Å². The zero-order valence-corrected chi connectivity index (χ0v) is 10.4. The summed E-state index contributed by atoms with van der Waals surface area (Å²) in [4.78, 5) is 6.69. The zero-order chi connectivity index (χ0) is 11.7. The van der Waals surface area contributed by atoms with E-state index in [1.54, 1.807) is 0 Å². The highest BCUT2D eigenvalue weighted by Gasteiger charge is 2.33. The number of aromatic nitrogens is 1. The van der Waals surface area contributed by atoms with Crippen LogP contribution in [0.5, 0.6) is 0 Å². The highest BCUT2D eigenvalue weighted by molar-refractivity contribution is 5.47. The van der Waals surface area contributed by atoms with Crippen LogP contribution < -0.4 is 10.6 Å². The van der Waals surface area contributed by atoms with E-state index < -0.39 is 0 Å². The molecule has 2 rings (SSSR count). The minimum atomic E-state index is 0.0442. The average Bonchev–Trinajstić information content (AvgIpc) is 2.94. The second-order valence-corrected chi connectivity index (χ2v) is 5.06. The number of hydrogen-bond donors (Lipinski definition) is 1.